The molecule has 1 aromatic rings. The lowest BCUT2D eigenvalue weighted by atomic mass is 10.2. The van der Waals surface area contributed by atoms with E-state index in [1.54, 1.807) is 0 Å². The summed E-state index contributed by atoms with van der Waals surface area (Å²) in [6, 6.07) is 0.563. The molecule has 3 nitrogen and oxygen atoms in total. The van der Waals surface area contributed by atoms with Crippen LogP contribution in [0.2, 0.25) is 0 Å². The monoisotopic (exact) mass is 309 g/mol. The number of hydrogen-bond donors (Lipinski definition) is 1. The standard InChI is InChI=1S/C17H31N3S/c1-3-9-18-15(14-21-16-7-5-6-8-16)13-17-19-10-12-20(17)11-4-2/h10,12,15-16,18H,3-9,11,13-14H2,1-2H3. The molecule has 0 saturated heterocycles. The van der Waals surface area contributed by atoms with Gasteiger partial charge in [-0.2, -0.15) is 11.8 Å². The largest absolute Gasteiger partial charge is 0.335 e. The molecule has 21 heavy (non-hydrogen) atoms. The predicted octanol–water partition coefficient (Wildman–Crippen LogP) is 3.88. The summed E-state index contributed by atoms with van der Waals surface area (Å²) in [7, 11) is 0. The second-order valence-corrected chi connectivity index (χ2v) is 7.47. The topological polar surface area (TPSA) is 29.9 Å². The maximum atomic E-state index is 4.58. The van der Waals surface area contributed by atoms with Crippen LogP contribution in [0.1, 0.15) is 58.2 Å². The first-order valence-corrected chi connectivity index (χ1v) is 9.73. The van der Waals surface area contributed by atoms with Crippen LogP contribution in [0.3, 0.4) is 0 Å². The molecule has 1 aromatic heterocycles. The number of hydrogen-bond acceptors (Lipinski definition) is 3. The van der Waals surface area contributed by atoms with E-state index in [-0.39, 0.29) is 0 Å². The van der Waals surface area contributed by atoms with Crippen molar-refractivity contribution in [3.8, 4) is 0 Å². The lowest BCUT2D eigenvalue weighted by Gasteiger charge is -2.20. The molecule has 1 saturated carbocycles. The number of aromatic nitrogens is 2. The van der Waals surface area contributed by atoms with Crippen molar-refractivity contribution < 1.29 is 0 Å². The van der Waals surface area contributed by atoms with Gasteiger partial charge in [-0.25, -0.2) is 4.98 Å². The minimum absolute atomic E-state index is 0.563. The molecule has 1 aliphatic rings. The number of nitrogens with one attached hydrogen (secondary N) is 1. The van der Waals surface area contributed by atoms with Crippen molar-refractivity contribution in [2.24, 2.45) is 0 Å². The van der Waals surface area contributed by atoms with Crippen LogP contribution >= 0.6 is 11.8 Å². The number of thioether (sulfide) groups is 1. The van der Waals surface area contributed by atoms with Crippen LogP contribution in [0.15, 0.2) is 12.4 Å². The SMILES string of the molecule is CCCNC(CSC1CCCC1)Cc1nccn1CCC. The Morgan fingerprint density at radius 2 is 2.14 bits per heavy atom. The van der Waals surface area contributed by atoms with Crippen molar-refractivity contribution in [2.75, 3.05) is 12.3 Å². The highest BCUT2D eigenvalue weighted by Gasteiger charge is 2.19. The average molecular weight is 310 g/mol. The predicted molar refractivity (Wildman–Crippen MR) is 93.0 cm³/mol. The van der Waals surface area contributed by atoms with Crippen LogP contribution in [0.4, 0.5) is 0 Å². The van der Waals surface area contributed by atoms with Crippen LogP contribution in [-0.2, 0) is 13.0 Å². The van der Waals surface area contributed by atoms with Crippen molar-refractivity contribution >= 4 is 11.8 Å². The fourth-order valence-electron chi connectivity index (χ4n) is 3.04. The normalized spacial score (nSPS) is 17.4. The van der Waals surface area contributed by atoms with Gasteiger partial charge in [0.2, 0.25) is 0 Å². The van der Waals surface area contributed by atoms with Gasteiger partial charge in [0.25, 0.3) is 0 Å². The molecule has 1 aliphatic carbocycles. The van der Waals surface area contributed by atoms with E-state index in [1.807, 2.05) is 6.20 Å². The smallest absolute Gasteiger partial charge is 0.110 e. The van der Waals surface area contributed by atoms with Gasteiger partial charge in [-0.3, -0.25) is 0 Å². The summed E-state index contributed by atoms with van der Waals surface area (Å²) in [6.45, 7) is 6.68. The maximum absolute atomic E-state index is 4.58. The minimum atomic E-state index is 0.563. The van der Waals surface area contributed by atoms with E-state index in [0.29, 0.717) is 6.04 Å². The Balaban J connectivity index is 1.86. The van der Waals surface area contributed by atoms with Crippen molar-refractivity contribution in [2.45, 2.75) is 76.6 Å². The summed E-state index contributed by atoms with van der Waals surface area (Å²) in [5.74, 6) is 2.47. The number of imidazole rings is 1. The Morgan fingerprint density at radius 1 is 1.33 bits per heavy atom. The molecule has 0 spiro atoms. The summed E-state index contributed by atoms with van der Waals surface area (Å²) < 4.78 is 2.32. The molecule has 4 heteroatoms. The van der Waals surface area contributed by atoms with E-state index in [9.17, 15) is 0 Å². The Labute approximate surface area is 134 Å². The average Bonchev–Trinajstić information content (AvgIpc) is 3.14. The zero-order valence-corrected chi connectivity index (χ0v) is 14.5. The number of aryl methyl sites for hydroxylation is 1. The van der Waals surface area contributed by atoms with Crippen molar-refractivity contribution in [1.29, 1.82) is 0 Å². The Kier molecular flexibility index (Phi) is 7.65. The van der Waals surface area contributed by atoms with E-state index in [2.05, 4.69) is 46.7 Å². The molecule has 1 heterocycles. The van der Waals surface area contributed by atoms with Crippen LogP contribution < -0.4 is 5.32 Å². The van der Waals surface area contributed by atoms with E-state index in [4.69, 9.17) is 0 Å². The van der Waals surface area contributed by atoms with E-state index >= 15 is 0 Å². The van der Waals surface area contributed by atoms with Crippen LogP contribution in [0.5, 0.6) is 0 Å². The van der Waals surface area contributed by atoms with E-state index in [0.717, 1.165) is 24.8 Å². The molecule has 0 radical (unpaired) electrons. The van der Waals surface area contributed by atoms with Gasteiger partial charge in [0.15, 0.2) is 0 Å². The van der Waals surface area contributed by atoms with Gasteiger partial charge in [-0.15, -0.1) is 0 Å². The van der Waals surface area contributed by atoms with Gasteiger partial charge in [0, 0.05) is 42.4 Å². The fraction of sp³-hybridized carbons (Fsp3) is 0.824. The molecular weight excluding hydrogens is 278 g/mol. The third-order valence-electron chi connectivity index (χ3n) is 4.21. The third kappa shape index (κ3) is 5.67. The zero-order valence-electron chi connectivity index (χ0n) is 13.7. The second-order valence-electron chi connectivity index (χ2n) is 6.13. The molecule has 0 aromatic carbocycles. The van der Waals surface area contributed by atoms with Crippen molar-refractivity contribution in [1.82, 2.24) is 14.9 Å². The quantitative estimate of drug-likeness (QED) is 0.711. The molecule has 2 rings (SSSR count). The molecular formula is C17H31N3S. The highest BCUT2D eigenvalue weighted by atomic mass is 32.2. The molecule has 1 unspecified atom stereocenters. The summed E-state index contributed by atoms with van der Waals surface area (Å²) in [5, 5.41) is 4.64. The summed E-state index contributed by atoms with van der Waals surface area (Å²) in [6.07, 6.45) is 13.2. The molecule has 120 valence electrons. The zero-order chi connectivity index (χ0) is 14.9. The van der Waals surface area contributed by atoms with Gasteiger partial charge in [0.1, 0.15) is 5.82 Å². The van der Waals surface area contributed by atoms with Gasteiger partial charge in [-0.05, 0) is 32.2 Å². The first kappa shape index (κ1) is 16.9. The van der Waals surface area contributed by atoms with Gasteiger partial charge in [-0.1, -0.05) is 26.7 Å². The highest BCUT2D eigenvalue weighted by Crippen LogP contribution is 2.30. The van der Waals surface area contributed by atoms with Gasteiger partial charge in [0.05, 0.1) is 0 Å². The lowest BCUT2D eigenvalue weighted by Crippen LogP contribution is -2.35. The Morgan fingerprint density at radius 3 is 2.86 bits per heavy atom. The van der Waals surface area contributed by atoms with Crippen molar-refractivity contribution in [3.05, 3.63) is 18.2 Å². The van der Waals surface area contributed by atoms with Gasteiger partial charge >= 0.3 is 0 Å². The second kappa shape index (κ2) is 9.52. The van der Waals surface area contributed by atoms with E-state index < -0.39 is 0 Å². The lowest BCUT2D eigenvalue weighted by molar-refractivity contribution is 0.519. The van der Waals surface area contributed by atoms with Crippen LogP contribution in [0, 0.1) is 0 Å². The third-order valence-corrected chi connectivity index (χ3v) is 5.75. The Bertz CT molecular complexity index is 385. The number of nitrogens with zero attached hydrogens (tertiary/aromatic N) is 2. The molecule has 1 fully saturated rings. The number of rotatable bonds is 10. The fourth-order valence-corrected chi connectivity index (χ4v) is 4.45. The molecule has 1 N–H and O–H groups in total. The molecule has 0 aliphatic heterocycles. The first-order valence-electron chi connectivity index (χ1n) is 8.68. The Hall–Kier alpha value is -0.480. The molecule has 1 atom stereocenters. The summed E-state index contributed by atoms with van der Waals surface area (Å²) in [5.41, 5.74) is 0. The highest BCUT2D eigenvalue weighted by molar-refractivity contribution is 7.99. The van der Waals surface area contributed by atoms with Gasteiger partial charge < -0.3 is 9.88 Å². The minimum Gasteiger partial charge on any atom is -0.335 e. The summed E-state index contributed by atoms with van der Waals surface area (Å²) >= 11 is 2.18. The maximum Gasteiger partial charge on any atom is 0.110 e. The first-order chi connectivity index (χ1) is 10.3. The van der Waals surface area contributed by atoms with Crippen molar-refractivity contribution in [3.63, 3.8) is 0 Å². The van der Waals surface area contributed by atoms with Crippen LogP contribution in [-0.4, -0.2) is 33.1 Å². The summed E-state index contributed by atoms with van der Waals surface area (Å²) in [4.78, 5) is 4.58. The molecule has 0 amide bonds. The van der Waals surface area contributed by atoms with Crippen LogP contribution in [0.25, 0.3) is 0 Å². The van der Waals surface area contributed by atoms with E-state index in [1.165, 1.54) is 50.1 Å². The molecule has 0 bridgehead atoms.